The molecule has 1 amide bonds. The number of hydrogen-bond acceptors (Lipinski definition) is 3. The lowest BCUT2D eigenvalue weighted by molar-refractivity contribution is -0.137. The summed E-state index contributed by atoms with van der Waals surface area (Å²) in [6.45, 7) is -0.331. The van der Waals surface area contributed by atoms with E-state index in [1.807, 2.05) is 0 Å². The second-order valence-corrected chi connectivity index (χ2v) is 5.26. The van der Waals surface area contributed by atoms with Crippen LogP contribution in [0.4, 0.5) is 24.5 Å². The molecule has 128 valence electrons. The molecule has 0 radical (unpaired) electrons. The number of benzene rings is 2. The van der Waals surface area contributed by atoms with Crippen LogP contribution in [-0.2, 0) is 11.0 Å². The van der Waals surface area contributed by atoms with Gasteiger partial charge in [-0.05, 0) is 30.3 Å². The molecule has 24 heavy (non-hydrogen) atoms. The molecule has 0 spiro atoms. The highest BCUT2D eigenvalue weighted by molar-refractivity contribution is 6.30. The molecule has 0 aliphatic carbocycles. The Balaban J connectivity index is 2.04. The van der Waals surface area contributed by atoms with Crippen LogP contribution in [-0.4, -0.2) is 19.6 Å². The van der Waals surface area contributed by atoms with E-state index in [2.05, 4.69) is 10.6 Å². The van der Waals surface area contributed by atoms with Crippen LogP contribution in [0.25, 0.3) is 0 Å². The maximum absolute atomic E-state index is 13.0. The number of nitrogens with one attached hydrogen (secondary N) is 2. The third-order valence-corrected chi connectivity index (χ3v) is 3.32. The molecule has 8 heteroatoms. The zero-order valence-corrected chi connectivity index (χ0v) is 13.3. The van der Waals surface area contributed by atoms with Gasteiger partial charge in [0.15, 0.2) is 0 Å². The minimum Gasteiger partial charge on any atom is -0.497 e. The number of carbonyl (C=O) groups excluding carboxylic acids is 1. The van der Waals surface area contributed by atoms with Crippen LogP contribution in [0.2, 0.25) is 5.02 Å². The lowest BCUT2D eigenvalue weighted by Gasteiger charge is -2.15. The Hall–Kier alpha value is -2.41. The van der Waals surface area contributed by atoms with E-state index >= 15 is 0 Å². The third-order valence-electron chi connectivity index (χ3n) is 3.08. The molecular formula is C16H14ClF3N2O2. The summed E-state index contributed by atoms with van der Waals surface area (Å²) in [6, 6.07) is 9.94. The lowest BCUT2D eigenvalue weighted by atomic mass is 10.1. The first-order chi connectivity index (χ1) is 11.3. The van der Waals surface area contributed by atoms with Crippen molar-refractivity contribution in [2.75, 3.05) is 24.3 Å². The van der Waals surface area contributed by atoms with E-state index in [1.54, 1.807) is 24.3 Å². The maximum atomic E-state index is 13.0. The van der Waals surface area contributed by atoms with Gasteiger partial charge < -0.3 is 15.4 Å². The summed E-state index contributed by atoms with van der Waals surface area (Å²) in [4.78, 5) is 11.9. The van der Waals surface area contributed by atoms with Gasteiger partial charge in [0.2, 0.25) is 5.91 Å². The lowest BCUT2D eigenvalue weighted by Crippen LogP contribution is -2.23. The van der Waals surface area contributed by atoms with Crippen LogP contribution in [0, 0.1) is 0 Å². The molecule has 4 nitrogen and oxygen atoms in total. The van der Waals surface area contributed by atoms with E-state index in [0.29, 0.717) is 11.4 Å². The summed E-state index contributed by atoms with van der Waals surface area (Å²) < 4.78 is 43.9. The van der Waals surface area contributed by atoms with Crippen molar-refractivity contribution < 1.29 is 22.7 Å². The highest BCUT2D eigenvalue weighted by Crippen LogP contribution is 2.36. The number of hydrogen-bond donors (Lipinski definition) is 2. The van der Waals surface area contributed by atoms with Crippen molar-refractivity contribution in [3.05, 3.63) is 53.1 Å². The summed E-state index contributed by atoms with van der Waals surface area (Å²) in [5, 5.41) is 5.01. The number of carbonyl (C=O) groups is 1. The highest BCUT2D eigenvalue weighted by Gasteiger charge is 2.33. The van der Waals surface area contributed by atoms with Gasteiger partial charge in [0.25, 0.3) is 0 Å². The maximum Gasteiger partial charge on any atom is 0.418 e. The minimum atomic E-state index is -4.57. The van der Waals surface area contributed by atoms with E-state index in [1.165, 1.54) is 19.2 Å². The first-order valence-electron chi connectivity index (χ1n) is 6.84. The molecule has 0 aromatic heterocycles. The van der Waals surface area contributed by atoms with Gasteiger partial charge in [0, 0.05) is 22.5 Å². The van der Waals surface area contributed by atoms with Gasteiger partial charge in [-0.1, -0.05) is 17.7 Å². The van der Waals surface area contributed by atoms with Crippen molar-refractivity contribution in [3.8, 4) is 5.75 Å². The SMILES string of the molecule is COc1cccc(NC(=O)CNc2ccc(Cl)cc2C(F)(F)F)c1. The number of halogens is 4. The van der Waals surface area contributed by atoms with Crippen molar-refractivity contribution in [3.63, 3.8) is 0 Å². The Kier molecular flexibility index (Phi) is 5.56. The van der Waals surface area contributed by atoms with Gasteiger partial charge in [-0.2, -0.15) is 13.2 Å². The Labute approximate surface area is 141 Å². The second-order valence-electron chi connectivity index (χ2n) is 4.82. The zero-order chi connectivity index (χ0) is 17.7. The van der Waals surface area contributed by atoms with Crippen LogP contribution in [0.3, 0.4) is 0 Å². The Bertz CT molecular complexity index is 736. The van der Waals surface area contributed by atoms with Crippen molar-refractivity contribution in [1.82, 2.24) is 0 Å². The van der Waals surface area contributed by atoms with E-state index < -0.39 is 17.6 Å². The number of rotatable bonds is 5. The molecule has 2 rings (SSSR count). The van der Waals surface area contributed by atoms with Crippen LogP contribution in [0.1, 0.15) is 5.56 Å². The first-order valence-corrected chi connectivity index (χ1v) is 7.22. The van der Waals surface area contributed by atoms with Crippen LogP contribution in [0.15, 0.2) is 42.5 Å². The Morgan fingerprint density at radius 1 is 1.21 bits per heavy atom. The van der Waals surface area contributed by atoms with Crippen molar-refractivity contribution in [1.29, 1.82) is 0 Å². The van der Waals surface area contributed by atoms with Crippen LogP contribution >= 0.6 is 11.6 Å². The average molecular weight is 359 g/mol. The van der Waals surface area contributed by atoms with E-state index in [0.717, 1.165) is 6.07 Å². The van der Waals surface area contributed by atoms with Gasteiger partial charge >= 0.3 is 6.18 Å². The molecule has 2 aromatic carbocycles. The molecule has 0 heterocycles. The monoisotopic (exact) mass is 358 g/mol. The van der Waals surface area contributed by atoms with E-state index in [4.69, 9.17) is 16.3 Å². The Morgan fingerprint density at radius 2 is 1.96 bits per heavy atom. The van der Waals surface area contributed by atoms with E-state index in [9.17, 15) is 18.0 Å². The molecule has 0 aliphatic rings. The molecular weight excluding hydrogens is 345 g/mol. The van der Waals surface area contributed by atoms with Crippen molar-refractivity contribution >= 4 is 28.9 Å². The molecule has 0 unspecified atom stereocenters. The quantitative estimate of drug-likeness (QED) is 0.832. The smallest absolute Gasteiger partial charge is 0.418 e. The number of anilines is 2. The summed E-state index contributed by atoms with van der Waals surface area (Å²) in [6.07, 6.45) is -4.57. The minimum absolute atomic E-state index is 0.0336. The predicted molar refractivity (Wildman–Crippen MR) is 86.6 cm³/mol. The summed E-state index contributed by atoms with van der Waals surface area (Å²) in [5.74, 6) is 0.0594. The topological polar surface area (TPSA) is 50.4 Å². The van der Waals surface area contributed by atoms with E-state index in [-0.39, 0.29) is 17.3 Å². The molecule has 2 aromatic rings. The fourth-order valence-electron chi connectivity index (χ4n) is 1.99. The predicted octanol–water partition coefficient (Wildman–Crippen LogP) is 4.42. The van der Waals surface area contributed by atoms with Gasteiger partial charge in [0.1, 0.15) is 5.75 Å². The summed E-state index contributed by atoms with van der Waals surface area (Å²) >= 11 is 5.60. The normalized spacial score (nSPS) is 11.0. The van der Waals surface area contributed by atoms with Crippen LogP contribution < -0.4 is 15.4 Å². The average Bonchev–Trinajstić information content (AvgIpc) is 2.53. The number of alkyl halides is 3. The molecule has 0 saturated heterocycles. The van der Waals surface area contributed by atoms with Crippen molar-refractivity contribution in [2.24, 2.45) is 0 Å². The number of methoxy groups -OCH3 is 1. The fourth-order valence-corrected chi connectivity index (χ4v) is 2.16. The molecule has 0 bridgehead atoms. The van der Waals surface area contributed by atoms with Gasteiger partial charge in [0.05, 0.1) is 19.2 Å². The van der Waals surface area contributed by atoms with Gasteiger partial charge in [-0.3, -0.25) is 4.79 Å². The van der Waals surface area contributed by atoms with Gasteiger partial charge in [-0.15, -0.1) is 0 Å². The van der Waals surface area contributed by atoms with Gasteiger partial charge in [-0.25, -0.2) is 0 Å². The third kappa shape index (κ3) is 4.79. The first kappa shape index (κ1) is 17.9. The zero-order valence-electron chi connectivity index (χ0n) is 12.6. The molecule has 0 atom stereocenters. The molecule has 0 saturated carbocycles. The summed E-state index contributed by atoms with van der Waals surface area (Å²) in [7, 11) is 1.49. The molecule has 0 fully saturated rings. The van der Waals surface area contributed by atoms with Crippen molar-refractivity contribution in [2.45, 2.75) is 6.18 Å². The fraction of sp³-hybridized carbons (Fsp3) is 0.188. The molecule has 2 N–H and O–H groups in total. The van der Waals surface area contributed by atoms with Crippen LogP contribution in [0.5, 0.6) is 5.75 Å². The summed E-state index contributed by atoms with van der Waals surface area (Å²) in [5.41, 5.74) is -0.662. The Morgan fingerprint density at radius 3 is 2.62 bits per heavy atom. The second kappa shape index (κ2) is 7.44. The standard InChI is InChI=1S/C16H14ClF3N2O2/c1-24-12-4-2-3-11(8-12)22-15(23)9-21-14-6-5-10(17)7-13(14)16(18,19)20/h2-8,21H,9H2,1H3,(H,22,23). The largest absolute Gasteiger partial charge is 0.497 e. The highest BCUT2D eigenvalue weighted by atomic mass is 35.5. The number of amides is 1. The molecule has 0 aliphatic heterocycles. The number of ether oxygens (including phenoxy) is 1.